The largest absolute Gasteiger partial charge is 0.475 e. The average Bonchev–Trinajstić information content (AvgIpc) is 2.69. The van der Waals surface area contributed by atoms with Crippen molar-refractivity contribution in [3.05, 3.63) is 71.3 Å². The highest BCUT2D eigenvalue weighted by Crippen LogP contribution is 2.18. The molecule has 144 valence electrons. The molecular weight excluding hydrogens is 352 g/mol. The molecule has 2 amide bonds. The van der Waals surface area contributed by atoms with Gasteiger partial charge in [-0.2, -0.15) is 0 Å². The SMILES string of the molecule is Cc1ccc(-c2ccc(OCCNC(=O)Nc3ccc(C)c(C)c3)nn2)cc1. The molecule has 1 aromatic heterocycles. The molecule has 6 heteroatoms. The lowest BCUT2D eigenvalue weighted by atomic mass is 10.1. The molecule has 2 aromatic carbocycles. The maximum Gasteiger partial charge on any atom is 0.319 e. The predicted molar refractivity (Wildman–Crippen MR) is 111 cm³/mol. The van der Waals surface area contributed by atoms with Crippen LogP contribution in [0.3, 0.4) is 0 Å². The zero-order valence-electron chi connectivity index (χ0n) is 16.3. The Balaban J connectivity index is 1.42. The summed E-state index contributed by atoms with van der Waals surface area (Å²) in [4.78, 5) is 11.9. The minimum Gasteiger partial charge on any atom is -0.475 e. The Kier molecular flexibility index (Phi) is 6.22. The number of benzene rings is 2. The molecule has 3 aromatic rings. The molecule has 0 spiro atoms. The molecule has 0 aliphatic carbocycles. The van der Waals surface area contributed by atoms with Crippen molar-refractivity contribution in [3.63, 3.8) is 0 Å². The van der Waals surface area contributed by atoms with E-state index in [2.05, 4.69) is 20.8 Å². The van der Waals surface area contributed by atoms with E-state index in [9.17, 15) is 4.79 Å². The van der Waals surface area contributed by atoms with Gasteiger partial charge in [-0.05, 0) is 50.1 Å². The molecule has 2 N–H and O–H groups in total. The highest BCUT2D eigenvalue weighted by Gasteiger charge is 2.04. The van der Waals surface area contributed by atoms with E-state index >= 15 is 0 Å². The first-order chi connectivity index (χ1) is 13.5. The van der Waals surface area contributed by atoms with Crippen LogP contribution >= 0.6 is 0 Å². The Hall–Kier alpha value is -3.41. The van der Waals surface area contributed by atoms with Gasteiger partial charge in [0.2, 0.25) is 5.88 Å². The summed E-state index contributed by atoms with van der Waals surface area (Å²) < 4.78 is 5.54. The van der Waals surface area contributed by atoms with Crippen molar-refractivity contribution in [2.24, 2.45) is 0 Å². The van der Waals surface area contributed by atoms with Gasteiger partial charge in [-0.1, -0.05) is 35.9 Å². The summed E-state index contributed by atoms with van der Waals surface area (Å²) in [6.07, 6.45) is 0. The summed E-state index contributed by atoms with van der Waals surface area (Å²) in [5.74, 6) is 0.423. The van der Waals surface area contributed by atoms with Crippen LogP contribution in [-0.2, 0) is 0 Å². The van der Waals surface area contributed by atoms with Gasteiger partial charge in [-0.3, -0.25) is 0 Å². The van der Waals surface area contributed by atoms with Crippen LogP contribution < -0.4 is 15.4 Å². The van der Waals surface area contributed by atoms with E-state index in [1.165, 1.54) is 11.1 Å². The standard InChI is InChI=1S/C22H24N4O2/c1-15-4-7-18(8-5-15)20-10-11-21(26-25-20)28-13-12-23-22(27)24-19-9-6-16(2)17(3)14-19/h4-11,14H,12-13H2,1-3H3,(H2,23,24,27). The van der Waals surface area contributed by atoms with Gasteiger partial charge in [0, 0.05) is 17.3 Å². The lowest BCUT2D eigenvalue weighted by molar-refractivity contribution is 0.246. The third-order valence-corrected chi connectivity index (χ3v) is 4.39. The molecule has 0 unspecified atom stereocenters. The van der Waals surface area contributed by atoms with Crippen molar-refractivity contribution in [1.82, 2.24) is 15.5 Å². The van der Waals surface area contributed by atoms with Crippen molar-refractivity contribution in [3.8, 4) is 17.1 Å². The van der Waals surface area contributed by atoms with E-state index in [0.29, 0.717) is 19.0 Å². The zero-order valence-corrected chi connectivity index (χ0v) is 16.3. The molecule has 0 fully saturated rings. The first-order valence-electron chi connectivity index (χ1n) is 9.17. The number of ether oxygens (including phenoxy) is 1. The molecule has 0 aliphatic rings. The number of hydrogen-bond donors (Lipinski definition) is 2. The average molecular weight is 376 g/mol. The van der Waals surface area contributed by atoms with Crippen LogP contribution in [0.15, 0.2) is 54.6 Å². The number of urea groups is 1. The van der Waals surface area contributed by atoms with Crippen LogP contribution in [0, 0.1) is 20.8 Å². The van der Waals surface area contributed by atoms with Crippen molar-refractivity contribution in [2.45, 2.75) is 20.8 Å². The van der Waals surface area contributed by atoms with Crippen molar-refractivity contribution in [1.29, 1.82) is 0 Å². The Morgan fingerprint density at radius 1 is 0.929 bits per heavy atom. The minimum absolute atomic E-state index is 0.271. The van der Waals surface area contributed by atoms with Crippen LogP contribution in [-0.4, -0.2) is 29.4 Å². The molecule has 3 rings (SSSR count). The van der Waals surface area contributed by atoms with E-state index in [1.54, 1.807) is 6.07 Å². The molecule has 0 atom stereocenters. The van der Waals surface area contributed by atoms with Crippen LogP contribution in [0.1, 0.15) is 16.7 Å². The molecule has 6 nitrogen and oxygen atoms in total. The number of anilines is 1. The molecule has 0 aliphatic heterocycles. The van der Waals surface area contributed by atoms with E-state index in [1.807, 2.05) is 69.3 Å². The fraction of sp³-hybridized carbons (Fsp3) is 0.227. The number of nitrogens with zero attached hydrogens (tertiary/aromatic N) is 2. The Bertz CT molecular complexity index is 938. The minimum atomic E-state index is -0.271. The third kappa shape index (κ3) is 5.30. The van der Waals surface area contributed by atoms with Gasteiger partial charge < -0.3 is 15.4 Å². The number of rotatable bonds is 6. The van der Waals surface area contributed by atoms with E-state index in [-0.39, 0.29) is 6.03 Å². The predicted octanol–water partition coefficient (Wildman–Crippen LogP) is 4.27. The van der Waals surface area contributed by atoms with Crippen LogP contribution in [0.4, 0.5) is 10.5 Å². The molecule has 0 radical (unpaired) electrons. The lowest BCUT2D eigenvalue weighted by Gasteiger charge is -2.10. The maximum atomic E-state index is 11.9. The van der Waals surface area contributed by atoms with Crippen LogP contribution in [0.5, 0.6) is 5.88 Å². The monoisotopic (exact) mass is 376 g/mol. The molecule has 0 saturated carbocycles. The number of hydrogen-bond acceptors (Lipinski definition) is 4. The highest BCUT2D eigenvalue weighted by atomic mass is 16.5. The second-order valence-electron chi connectivity index (χ2n) is 6.65. The topological polar surface area (TPSA) is 76.1 Å². The van der Waals surface area contributed by atoms with Gasteiger partial charge in [0.05, 0.1) is 12.2 Å². The highest BCUT2D eigenvalue weighted by molar-refractivity contribution is 5.89. The van der Waals surface area contributed by atoms with Gasteiger partial charge in [0.1, 0.15) is 6.61 Å². The zero-order chi connectivity index (χ0) is 19.9. The fourth-order valence-electron chi connectivity index (χ4n) is 2.59. The molecule has 1 heterocycles. The van der Waals surface area contributed by atoms with Gasteiger partial charge in [-0.15, -0.1) is 10.2 Å². The number of carbonyl (C=O) groups is 1. The Morgan fingerprint density at radius 3 is 2.39 bits per heavy atom. The maximum absolute atomic E-state index is 11.9. The number of amides is 2. The molecular formula is C22H24N4O2. The Labute approximate surface area is 165 Å². The summed E-state index contributed by atoms with van der Waals surface area (Å²) in [6.45, 7) is 6.75. The summed E-state index contributed by atoms with van der Waals surface area (Å²) in [5.41, 5.74) is 6.08. The van der Waals surface area contributed by atoms with Crippen molar-refractivity contribution < 1.29 is 9.53 Å². The quantitative estimate of drug-likeness (QED) is 0.630. The van der Waals surface area contributed by atoms with Crippen LogP contribution in [0.25, 0.3) is 11.3 Å². The number of carbonyl (C=O) groups excluding carboxylic acids is 1. The summed E-state index contributed by atoms with van der Waals surface area (Å²) >= 11 is 0. The first kappa shape index (κ1) is 19.4. The number of nitrogens with one attached hydrogen (secondary N) is 2. The summed E-state index contributed by atoms with van der Waals surface area (Å²) in [5, 5.41) is 13.8. The fourth-order valence-corrected chi connectivity index (χ4v) is 2.59. The van der Waals surface area contributed by atoms with Gasteiger partial charge in [0.25, 0.3) is 0 Å². The van der Waals surface area contributed by atoms with E-state index in [4.69, 9.17) is 4.74 Å². The summed E-state index contributed by atoms with van der Waals surface area (Å²) in [6, 6.07) is 17.3. The normalized spacial score (nSPS) is 10.4. The third-order valence-electron chi connectivity index (χ3n) is 4.39. The van der Waals surface area contributed by atoms with E-state index < -0.39 is 0 Å². The Morgan fingerprint density at radius 2 is 1.71 bits per heavy atom. The van der Waals surface area contributed by atoms with Gasteiger partial charge in [-0.25, -0.2) is 4.79 Å². The van der Waals surface area contributed by atoms with Gasteiger partial charge in [0.15, 0.2) is 0 Å². The first-order valence-corrected chi connectivity index (χ1v) is 9.17. The lowest BCUT2D eigenvalue weighted by Crippen LogP contribution is -2.32. The van der Waals surface area contributed by atoms with Gasteiger partial charge >= 0.3 is 6.03 Å². The van der Waals surface area contributed by atoms with E-state index in [0.717, 1.165) is 22.5 Å². The van der Waals surface area contributed by atoms with Crippen molar-refractivity contribution >= 4 is 11.7 Å². The second kappa shape index (κ2) is 8.99. The van der Waals surface area contributed by atoms with Crippen LogP contribution in [0.2, 0.25) is 0 Å². The number of aromatic nitrogens is 2. The molecule has 0 bridgehead atoms. The number of aryl methyl sites for hydroxylation is 3. The smallest absolute Gasteiger partial charge is 0.319 e. The second-order valence-corrected chi connectivity index (χ2v) is 6.65. The molecule has 28 heavy (non-hydrogen) atoms. The summed E-state index contributed by atoms with van der Waals surface area (Å²) in [7, 11) is 0. The molecule has 0 saturated heterocycles. The van der Waals surface area contributed by atoms with Crippen molar-refractivity contribution in [2.75, 3.05) is 18.5 Å².